The fourth-order valence-electron chi connectivity index (χ4n) is 2.32. The van der Waals surface area contributed by atoms with Crippen LogP contribution in [0, 0.1) is 17.8 Å². The smallest absolute Gasteiger partial charge is 0.0380 e. The van der Waals surface area contributed by atoms with E-state index in [2.05, 4.69) is 6.92 Å². The van der Waals surface area contributed by atoms with E-state index in [9.17, 15) is 0 Å². The van der Waals surface area contributed by atoms with Gasteiger partial charge >= 0.3 is 0 Å². The molecular formula is C9H16. The maximum absolute atomic E-state index is 2.34. The highest BCUT2D eigenvalue weighted by atomic mass is 14.5. The molecule has 2 rings (SSSR count). The van der Waals surface area contributed by atoms with Crippen LogP contribution in [0.3, 0.4) is 0 Å². The van der Waals surface area contributed by atoms with Gasteiger partial charge in [-0.3, -0.25) is 0 Å². The Bertz CT molecular complexity index is 107. The molecule has 2 aliphatic rings. The lowest BCUT2D eigenvalue weighted by Crippen LogP contribution is -2.06. The molecule has 0 heterocycles. The second-order valence-electron chi connectivity index (χ2n) is 3.84. The zero-order valence-electron chi connectivity index (χ0n) is 6.27. The highest BCUT2D eigenvalue weighted by molar-refractivity contribution is 4.91. The first kappa shape index (κ1) is 5.76. The van der Waals surface area contributed by atoms with Crippen molar-refractivity contribution in [3.05, 3.63) is 0 Å². The van der Waals surface area contributed by atoms with E-state index in [0.29, 0.717) is 0 Å². The average Bonchev–Trinajstić information content (AvgIpc) is 2.64. The molecule has 0 saturated heterocycles. The summed E-state index contributed by atoms with van der Waals surface area (Å²) in [5.41, 5.74) is 0. The van der Waals surface area contributed by atoms with Crippen LogP contribution >= 0.6 is 0 Å². The largest absolute Gasteiger partial charge is 0.0651 e. The molecule has 2 fully saturated rings. The lowest BCUT2D eigenvalue weighted by Gasteiger charge is -2.18. The summed E-state index contributed by atoms with van der Waals surface area (Å²) in [5, 5.41) is 0. The summed E-state index contributed by atoms with van der Waals surface area (Å²) in [6.07, 6.45) is 7.68. The first-order valence-electron chi connectivity index (χ1n) is 4.40. The molecule has 2 aliphatic carbocycles. The minimum atomic E-state index is 1.11. The van der Waals surface area contributed by atoms with Crippen LogP contribution in [0.1, 0.15) is 39.0 Å². The van der Waals surface area contributed by atoms with Gasteiger partial charge in [-0.1, -0.05) is 19.8 Å². The summed E-state index contributed by atoms with van der Waals surface area (Å²) >= 11 is 0. The lowest BCUT2D eigenvalue weighted by atomic mass is 9.88. The van der Waals surface area contributed by atoms with E-state index in [0.717, 1.165) is 5.92 Å². The highest BCUT2D eigenvalue weighted by Gasteiger charge is 2.41. The SMILES string of the molecule is CC[C@H]1CCC2C[C@H]2C1. The summed E-state index contributed by atoms with van der Waals surface area (Å²) in [6, 6.07) is 0. The van der Waals surface area contributed by atoms with Crippen molar-refractivity contribution >= 4 is 0 Å². The van der Waals surface area contributed by atoms with Crippen molar-refractivity contribution in [1.82, 2.24) is 0 Å². The molecule has 9 heavy (non-hydrogen) atoms. The molecule has 1 unspecified atom stereocenters. The molecular weight excluding hydrogens is 108 g/mol. The van der Waals surface area contributed by atoms with Crippen molar-refractivity contribution in [3.8, 4) is 0 Å². The number of rotatable bonds is 1. The van der Waals surface area contributed by atoms with Crippen molar-refractivity contribution < 1.29 is 0 Å². The molecule has 3 atom stereocenters. The third kappa shape index (κ3) is 0.997. The monoisotopic (exact) mass is 124 g/mol. The first-order valence-corrected chi connectivity index (χ1v) is 4.40. The third-order valence-corrected chi connectivity index (χ3v) is 3.23. The van der Waals surface area contributed by atoms with Crippen LogP contribution in [0.5, 0.6) is 0 Å². The maximum atomic E-state index is 2.34. The van der Waals surface area contributed by atoms with Crippen molar-refractivity contribution in [2.75, 3.05) is 0 Å². The minimum absolute atomic E-state index is 1.11. The molecule has 52 valence electrons. The molecule has 0 N–H and O–H groups in total. The van der Waals surface area contributed by atoms with Gasteiger partial charge in [-0.15, -0.1) is 0 Å². The van der Waals surface area contributed by atoms with Gasteiger partial charge in [0.1, 0.15) is 0 Å². The summed E-state index contributed by atoms with van der Waals surface area (Å²) in [5.74, 6) is 3.48. The molecule has 0 aromatic heterocycles. The second kappa shape index (κ2) is 2.00. The zero-order chi connectivity index (χ0) is 6.27. The summed E-state index contributed by atoms with van der Waals surface area (Å²) < 4.78 is 0. The van der Waals surface area contributed by atoms with Crippen LogP contribution in [0.2, 0.25) is 0 Å². The van der Waals surface area contributed by atoms with Gasteiger partial charge in [-0.2, -0.15) is 0 Å². The minimum Gasteiger partial charge on any atom is -0.0651 e. The van der Waals surface area contributed by atoms with Gasteiger partial charge in [0.05, 0.1) is 0 Å². The van der Waals surface area contributed by atoms with Crippen LogP contribution < -0.4 is 0 Å². The molecule has 0 heteroatoms. The zero-order valence-corrected chi connectivity index (χ0v) is 6.27. The van der Waals surface area contributed by atoms with Crippen molar-refractivity contribution in [3.63, 3.8) is 0 Å². The lowest BCUT2D eigenvalue weighted by molar-refractivity contribution is 0.335. The Morgan fingerprint density at radius 2 is 2.00 bits per heavy atom. The Morgan fingerprint density at radius 3 is 2.67 bits per heavy atom. The standard InChI is InChI=1S/C9H16/c1-2-7-3-4-8-6-9(8)5-7/h7-9H,2-6H2,1H3/t7-,8?,9+/m0/s1. The van der Waals surface area contributed by atoms with Crippen LogP contribution in [-0.4, -0.2) is 0 Å². The van der Waals surface area contributed by atoms with Crippen LogP contribution in [0.15, 0.2) is 0 Å². The Labute approximate surface area is 57.6 Å². The van der Waals surface area contributed by atoms with Gasteiger partial charge in [0, 0.05) is 0 Å². The molecule has 0 radical (unpaired) electrons. The van der Waals surface area contributed by atoms with E-state index in [-0.39, 0.29) is 0 Å². The van der Waals surface area contributed by atoms with Gasteiger partial charge in [0.2, 0.25) is 0 Å². The molecule has 0 aromatic carbocycles. The Kier molecular flexibility index (Phi) is 1.28. The molecule has 0 nitrogen and oxygen atoms in total. The van der Waals surface area contributed by atoms with E-state index < -0.39 is 0 Å². The van der Waals surface area contributed by atoms with E-state index in [1.165, 1.54) is 24.7 Å². The Balaban J connectivity index is 1.86. The van der Waals surface area contributed by atoms with Crippen LogP contribution in [0.25, 0.3) is 0 Å². The van der Waals surface area contributed by atoms with E-state index in [1.807, 2.05) is 0 Å². The number of hydrogen-bond acceptors (Lipinski definition) is 0. The Morgan fingerprint density at radius 1 is 1.11 bits per heavy atom. The normalized spacial score (nSPS) is 48.3. The van der Waals surface area contributed by atoms with Gasteiger partial charge in [0.25, 0.3) is 0 Å². The van der Waals surface area contributed by atoms with Crippen LogP contribution in [0.4, 0.5) is 0 Å². The molecule has 0 bridgehead atoms. The number of hydrogen-bond donors (Lipinski definition) is 0. The predicted octanol–water partition coefficient (Wildman–Crippen LogP) is 2.83. The van der Waals surface area contributed by atoms with Crippen molar-refractivity contribution in [2.24, 2.45) is 17.8 Å². The third-order valence-electron chi connectivity index (χ3n) is 3.23. The molecule has 0 aliphatic heterocycles. The quantitative estimate of drug-likeness (QED) is 0.504. The fraction of sp³-hybridized carbons (Fsp3) is 1.00. The van der Waals surface area contributed by atoms with E-state index in [1.54, 1.807) is 19.3 Å². The van der Waals surface area contributed by atoms with Crippen LogP contribution in [-0.2, 0) is 0 Å². The highest BCUT2D eigenvalue weighted by Crippen LogP contribution is 2.51. The van der Waals surface area contributed by atoms with Gasteiger partial charge in [-0.05, 0) is 37.0 Å². The predicted molar refractivity (Wildman–Crippen MR) is 39.2 cm³/mol. The molecule has 0 aromatic rings. The fourth-order valence-corrected chi connectivity index (χ4v) is 2.32. The number of fused-ring (bicyclic) bond motifs is 1. The Hall–Kier alpha value is 0. The summed E-state index contributed by atoms with van der Waals surface area (Å²) in [6.45, 7) is 2.34. The summed E-state index contributed by atoms with van der Waals surface area (Å²) in [7, 11) is 0. The van der Waals surface area contributed by atoms with E-state index in [4.69, 9.17) is 0 Å². The van der Waals surface area contributed by atoms with Gasteiger partial charge in [-0.25, -0.2) is 0 Å². The first-order chi connectivity index (χ1) is 4.40. The average molecular weight is 124 g/mol. The van der Waals surface area contributed by atoms with Gasteiger partial charge < -0.3 is 0 Å². The van der Waals surface area contributed by atoms with Gasteiger partial charge in [0.15, 0.2) is 0 Å². The van der Waals surface area contributed by atoms with Crippen molar-refractivity contribution in [2.45, 2.75) is 39.0 Å². The maximum Gasteiger partial charge on any atom is -0.0380 e. The van der Waals surface area contributed by atoms with Crippen molar-refractivity contribution in [1.29, 1.82) is 0 Å². The molecule has 2 saturated carbocycles. The van der Waals surface area contributed by atoms with E-state index >= 15 is 0 Å². The topological polar surface area (TPSA) is 0 Å². The summed E-state index contributed by atoms with van der Waals surface area (Å²) in [4.78, 5) is 0. The second-order valence-corrected chi connectivity index (χ2v) is 3.84. The molecule has 0 amide bonds. The molecule has 0 spiro atoms.